The normalized spacial score (nSPS) is 12.0. The molecule has 0 aromatic carbocycles. The zero-order valence-electron chi connectivity index (χ0n) is 4.63. The molecule has 0 spiro atoms. The van der Waals surface area contributed by atoms with Crippen molar-refractivity contribution in [3.8, 4) is 0 Å². The topological polar surface area (TPSA) is 0 Å². The van der Waals surface area contributed by atoms with Crippen LogP contribution in [0.5, 0.6) is 0 Å². The van der Waals surface area contributed by atoms with E-state index in [1.54, 1.807) is 6.92 Å². The summed E-state index contributed by atoms with van der Waals surface area (Å²) in [5, 5.41) is 0. The number of unbranched alkanes of at least 4 members (excludes halogenated alkanes) is 1. The zero-order valence-corrected chi connectivity index (χ0v) is 4.63. The molecule has 0 N–H and O–H groups in total. The summed E-state index contributed by atoms with van der Waals surface area (Å²) in [5.74, 6) is 0. The molecule has 0 nitrogen and oxygen atoms in total. The summed E-state index contributed by atoms with van der Waals surface area (Å²) in [6, 6.07) is 0. The van der Waals surface area contributed by atoms with E-state index < -0.39 is 12.6 Å². The van der Waals surface area contributed by atoms with Crippen LogP contribution in [0.1, 0.15) is 19.8 Å². The van der Waals surface area contributed by atoms with Gasteiger partial charge in [0.1, 0.15) is 0 Å². The minimum Gasteiger partial charge on any atom is -0.171 e. The van der Waals surface area contributed by atoms with Gasteiger partial charge in [0.2, 0.25) is 0 Å². The van der Waals surface area contributed by atoms with Gasteiger partial charge in [0.15, 0.2) is 0 Å². The molecule has 49 valence electrons. The lowest BCUT2D eigenvalue weighted by Crippen LogP contribution is -2.06. The quantitative estimate of drug-likeness (QED) is 0.532. The maximum absolute atomic E-state index is 11.2. The van der Waals surface area contributed by atoms with Crippen molar-refractivity contribution in [3.05, 3.63) is 6.42 Å². The van der Waals surface area contributed by atoms with Gasteiger partial charge < -0.3 is 0 Å². The second kappa shape index (κ2) is 2.95. The zero-order chi connectivity index (χ0) is 6.62. The van der Waals surface area contributed by atoms with Crippen molar-refractivity contribution in [2.75, 3.05) is 0 Å². The lowest BCUT2D eigenvalue weighted by Gasteiger charge is -2.01. The van der Waals surface area contributed by atoms with Crippen LogP contribution < -0.4 is 0 Å². The fraction of sp³-hybridized carbons (Fsp3) is 0.800. The van der Waals surface area contributed by atoms with E-state index in [-0.39, 0.29) is 0 Å². The highest BCUT2D eigenvalue weighted by Crippen LogP contribution is 2.21. The van der Waals surface area contributed by atoms with Gasteiger partial charge in [-0.05, 0) is 6.42 Å². The second-order valence-electron chi connectivity index (χ2n) is 1.52. The maximum Gasteiger partial charge on any atom is 0.389 e. The van der Waals surface area contributed by atoms with Gasteiger partial charge in [0.05, 0.1) is 0 Å². The fourth-order valence-electron chi connectivity index (χ4n) is 0.308. The Bertz CT molecular complexity index is 55.2. The highest BCUT2D eigenvalue weighted by atomic mass is 19.4. The Balaban J connectivity index is 3.11. The van der Waals surface area contributed by atoms with Gasteiger partial charge in [-0.1, -0.05) is 13.3 Å². The van der Waals surface area contributed by atoms with Crippen molar-refractivity contribution in [1.29, 1.82) is 0 Å². The number of hydrogen-bond donors (Lipinski definition) is 0. The van der Waals surface area contributed by atoms with E-state index in [0.29, 0.717) is 6.42 Å². The average molecular weight is 125 g/mol. The molecule has 0 saturated carbocycles. The summed E-state index contributed by atoms with van der Waals surface area (Å²) >= 11 is 0. The summed E-state index contributed by atoms with van der Waals surface area (Å²) in [6.45, 7) is 1.69. The molecule has 0 aliphatic heterocycles. The molecular weight excluding hydrogens is 117 g/mol. The summed E-state index contributed by atoms with van der Waals surface area (Å²) < 4.78 is 33.6. The first-order valence-corrected chi connectivity index (χ1v) is 2.44. The highest BCUT2D eigenvalue weighted by molar-refractivity contribution is 4.66. The van der Waals surface area contributed by atoms with Crippen molar-refractivity contribution >= 4 is 0 Å². The molecule has 0 aromatic heterocycles. The van der Waals surface area contributed by atoms with Crippen LogP contribution >= 0.6 is 0 Å². The Kier molecular flexibility index (Phi) is 2.87. The first-order chi connectivity index (χ1) is 3.56. The molecule has 3 heteroatoms. The standard InChI is InChI=1S/C5H8F3/c1-2-3-4-5(6,7)8/h3H,2,4H2,1H3. The SMILES string of the molecule is CC[CH]CC(F)(F)F. The van der Waals surface area contributed by atoms with Crippen molar-refractivity contribution < 1.29 is 13.2 Å². The van der Waals surface area contributed by atoms with Gasteiger partial charge in [0, 0.05) is 6.42 Å². The van der Waals surface area contributed by atoms with Gasteiger partial charge in [-0.2, -0.15) is 13.2 Å². The average Bonchev–Trinajstić information content (AvgIpc) is 1.59. The summed E-state index contributed by atoms with van der Waals surface area (Å²) in [4.78, 5) is 0. The molecule has 0 heterocycles. The summed E-state index contributed by atoms with van der Waals surface area (Å²) in [7, 11) is 0. The first-order valence-electron chi connectivity index (χ1n) is 2.44. The summed E-state index contributed by atoms with van der Waals surface area (Å²) in [6.07, 6.45) is -3.07. The molecule has 0 fully saturated rings. The van der Waals surface area contributed by atoms with Gasteiger partial charge in [-0.15, -0.1) is 0 Å². The van der Waals surface area contributed by atoms with Crippen LogP contribution in [0.2, 0.25) is 0 Å². The second-order valence-corrected chi connectivity index (χ2v) is 1.52. The Hall–Kier alpha value is -0.210. The molecule has 1 radical (unpaired) electrons. The molecule has 0 rings (SSSR count). The predicted molar refractivity (Wildman–Crippen MR) is 25.3 cm³/mol. The third kappa shape index (κ3) is 5.79. The lowest BCUT2D eigenvalue weighted by atomic mass is 10.2. The largest absolute Gasteiger partial charge is 0.389 e. The van der Waals surface area contributed by atoms with E-state index >= 15 is 0 Å². The van der Waals surface area contributed by atoms with Crippen molar-refractivity contribution in [3.63, 3.8) is 0 Å². The molecule has 0 atom stereocenters. The monoisotopic (exact) mass is 125 g/mol. The molecule has 8 heavy (non-hydrogen) atoms. The molecule has 0 amide bonds. The maximum atomic E-state index is 11.2. The van der Waals surface area contributed by atoms with Crippen LogP contribution in [0.15, 0.2) is 0 Å². The van der Waals surface area contributed by atoms with E-state index in [9.17, 15) is 13.2 Å². The molecule has 0 bridgehead atoms. The summed E-state index contributed by atoms with van der Waals surface area (Å²) in [5.41, 5.74) is 0. The Morgan fingerprint density at radius 3 is 2.00 bits per heavy atom. The molecule has 0 aliphatic carbocycles. The molecule has 0 unspecified atom stereocenters. The van der Waals surface area contributed by atoms with Crippen molar-refractivity contribution in [1.82, 2.24) is 0 Å². The number of rotatable bonds is 2. The van der Waals surface area contributed by atoms with Crippen LogP contribution in [-0.4, -0.2) is 6.18 Å². The third-order valence-electron chi connectivity index (χ3n) is 0.664. The minimum atomic E-state index is -4.00. The van der Waals surface area contributed by atoms with E-state index in [4.69, 9.17) is 0 Å². The van der Waals surface area contributed by atoms with Crippen LogP contribution in [0.3, 0.4) is 0 Å². The molecule has 0 saturated heterocycles. The smallest absolute Gasteiger partial charge is 0.171 e. The van der Waals surface area contributed by atoms with Gasteiger partial charge in [-0.25, -0.2) is 0 Å². The third-order valence-corrected chi connectivity index (χ3v) is 0.664. The number of halogens is 3. The Morgan fingerprint density at radius 1 is 1.38 bits per heavy atom. The number of hydrogen-bond acceptors (Lipinski definition) is 0. The van der Waals surface area contributed by atoms with Crippen molar-refractivity contribution in [2.45, 2.75) is 25.9 Å². The van der Waals surface area contributed by atoms with E-state index in [1.165, 1.54) is 6.42 Å². The van der Waals surface area contributed by atoms with Gasteiger partial charge >= 0.3 is 6.18 Å². The minimum absolute atomic E-state index is 0.486. The predicted octanol–water partition coefficient (Wildman–Crippen LogP) is 2.55. The lowest BCUT2D eigenvalue weighted by molar-refractivity contribution is -0.128. The molecular formula is C5H8F3. The van der Waals surface area contributed by atoms with Crippen LogP contribution in [0.4, 0.5) is 13.2 Å². The van der Waals surface area contributed by atoms with Crippen LogP contribution in [0, 0.1) is 6.42 Å². The van der Waals surface area contributed by atoms with E-state index in [0.717, 1.165) is 0 Å². The molecule has 0 aromatic rings. The first kappa shape index (κ1) is 7.79. The number of alkyl halides is 3. The van der Waals surface area contributed by atoms with Crippen LogP contribution in [-0.2, 0) is 0 Å². The Morgan fingerprint density at radius 2 is 1.88 bits per heavy atom. The fourth-order valence-corrected chi connectivity index (χ4v) is 0.308. The molecule has 0 aliphatic rings. The van der Waals surface area contributed by atoms with E-state index in [2.05, 4.69) is 0 Å². The Labute approximate surface area is 46.7 Å². The van der Waals surface area contributed by atoms with Crippen LogP contribution in [0.25, 0.3) is 0 Å². The van der Waals surface area contributed by atoms with Crippen molar-refractivity contribution in [2.24, 2.45) is 0 Å². The van der Waals surface area contributed by atoms with E-state index in [1.807, 2.05) is 0 Å². The van der Waals surface area contributed by atoms with Gasteiger partial charge in [0.25, 0.3) is 0 Å². The highest BCUT2D eigenvalue weighted by Gasteiger charge is 2.25. The van der Waals surface area contributed by atoms with Gasteiger partial charge in [-0.3, -0.25) is 0 Å².